The average Bonchev–Trinajstić information content (AvgIpc) is 3.21. The van der Waals surface area contributed by atoms with Crippen LogP contribution in [0.5, 0.6) is 0 Å². The Bertz CT molecular complexity index is 1880. The molecule has 1 fully saturated rings. The van der Waals surface area contributed by atoms with Crippen LogP contribution in [0.25, 0.3) is 5.69 Å². The van der Waals surface area contributed by atoms with Crippen molar-refractivity contribution in [2.75, 3.05) is 24.4 Å². The largest absolute Gasteiger partial charge is 0.348 e. The molecule has 5 rings (SSSR count). The predicted molar refractivity (Wildman–Crippen MR) is 170 cm³/mol. The molecule has 2 heterocycles. The number of rotatable bonds is 8. The molecule has 9 nitrogen and oxygen atoms in total. The van der Waals surface area contributed by atoms with Crippen LogP contribution in [0.15, 0.2) is 76.4 Å². The first-order valence-corrected chi connectivity index (χ1v) is 16.2. The molecule has 0 aliphatic carbocycles. The van der Waals surface area contributed by atoms with E-state index >= 15 is 0 Å². The minimum absolute atomic E-state index is 0.0363. The number of para-hydroxylation sites is 1. The SMILES string of the molecule is Cc1c(N(C)S(=O)(=O)c2cc(C(=O)NC3CCCN(Cc4ccc(F)cc4Cl)C3)ccc2Cl)c(=O)n(-c2ccccc2)n1C. The van der Waals surface area contributed by atoms with Gasteiger partial charge in [-0.25, -0.2) is 17.5 Å². The lowest BCUT2D eigenvalue weighted by atomic mass is 10.0. The monoisotopic (exact) mass is 659 g/mol. The molecular weight excluding hydrogens is 628 g/mol. The summed E-state index contributed by atoms with van der Waals surface area (Å²) in [5.74, 6) is -0.851. The fraction of sp³-hybridized carbons (Fsp3) is 0.290. The van der Waals surface area contributed by atoms with Crippen molar-refractivity contribution < 1.29 is 17.6 Å². The molecule has 1 aliphatic heterocycles. The van der Waals surface area contributed by atoms with Crippen molar-refractivity contribution in [1.82, 2.24) is 19.6 Å². The van der Waals surface area contributed by atoms with Gasteiger partial charge in [-0.2, -0.15) is 0 Å². The molecule has 0 spiro atoms. The van der Waals surface area contributed by atoms with Crippen LogP contribution in [-0.2, 0) is 23.6 Å². The maximum atomic E-state index is 13.9. The van der Waals surface area contributed by atoms with Crippen LogP contribution in [0, 0.1) is 12.7 Å². The zero-order chi connectivity index (χ0) is 31.8. The van der Waals surface area contributed by atoms with Gasteiger partial charge in [-0.3, -0.25) is 23.5 Å². The number of likely N-dealkylation sites (tertiary alicyclic amines) is 1. The number of sulfonamides is 1. The fourth-order valence-electron chi connectivity index (χ4n) is 5.50. The van der Waals surface area contributed by atoms with E-state index in [4.69, 9.17) is 23.2 Å². The number of piperidine rings is 1. The van der Waals surface area contributed by atoms with Crippen molar-refractivity contribution in [2.24, 2.45) is 7.05 Å². The number of nitrogens with zero attached hydrogens (tertiary/aromatic N) is 4. The van der Waals surface area contributed by atoms with E-state index in [1.807, 2.05) is 6.07 Å². The number of carbonyl (C=O) groups is 1. The predicted octanol–water partition coefficient (Wildman–Crippen LogP) is 5.15. The number of carbonyl (C=O) groups excluding carboxylic acids is 1. The van der Waals surface area contributed by atoms with Crippen LogP contribution in [0.3, 0.4) is 0 Å². The lowest BCUT2D eigenvalue weighted by Gasteiger charge is -2.33. The number of hydrogen-bond donors (Lipinski definition) is 1. The normalized spacial score (nSPS) is 15.7. The summed E-state index contributed by atoms with van der Waals surface area (Å²) < 4.78 is 45.1. The summed E-state index contributed by atoms with van der Waals surface area (Å²) >= 11 is 12.6. The third-order valence-corrected chi connectivity index (χ3v) is 10.5. The summed E-state index contributed by atoms with van der Waals surface area (Å²) in [7, 11) is -1.38. The summed E-state index contributed by atoms with van der Waals surface area (Å²) in [4.78, 5) is 28.6. The first-order chi connectivity index (χ1) is 20.9. The quantitative estimate of drug-likeness (QED) is 0.282. The molecule has 1 atom stereocenters. The second-order valence-electron chi connectivity index (χ2n) is 10.8. The van der Waals surface area contributed by atoms with E-state index in [-0.39, 0.29) is 27.2 Å². The number of nitrogens with one attached hydrogen (secondary N) is 1. The van der Waals surface area contributed by atoms with Gasteiger partial charge >= 0.3 is 0 Å². The first-order valence-electron chi connectivity index (χ1n) is 14.0. The van der Waals surface area contributed by atoms with Crippen molar-refractivity contribution in [1.29, 1.82) is 0 Å². The summed E-state index contributed by atoms with van der Waals surface area (Å²) in [5.41, 5.74) is 1.37. The molecule has 1 aliphatic rings. The van der Waals surface area contributed by atoms with Gasteiger partial charge < -0.3 is 5.32 Å². The Balaban J connectivity index is 1.36. The Morgan fingerprint density at radius 2 is 1.80 bits per heavy atom. The fourth-order valence-corrected chi connectivity index (χ4v) is 7.48. The molecular formula is C31H32Cl2FN5O4S. The van der Waals surface area contributed by atoms with Gasteiger partial charge in [0.25, 0.3) is 21.5 Å². The lowest BCUT2D eigenvalue weighted by Crippen LogP contribution is -2.47. The highest BCUT2D eigenvalue weighted by Crippen LogP contribution is 2.29. The van der Waals surface area contributed by atoms with Crippen molar-refractivity contribution in [2.45, 2.75) is 37.2 Å². The third kappa shape index (κ3) is 6.28. The molecule has 44 heavy (non-hydrogen) atoms. The van der Waals surface area contributed by atoms with Gasteiger partial charge in [0.15, 0.2) is 0 Å². The first kappa shape index (κ1) is 31.8. The minimum atomic E-state index is -4.35. The molecule has 1 N–H and O–H groups in total. The van der Waals surface area contributed by atoms with E-state index < -0.39 is 27.3 Å². The average molecular weight is 661 g/mol. The lowest BCUT2D eigenvalue weighted by molar-refractivity contribution is 0.0900. The minimum Gasteiger partial charge on any atom is -0.348 e. The van der Waals surface area contributed by atoms with E-state index in [2.05, 4.69) is 10.2 Å². The van der Waals surface area contributed by atoms with Crippen LogP contribution >= 0.6 is 23.2 Å². The molecule has 1 saturated heterocycles. The van der Waals surface area contributed by atoms with Gasteiger partial charge in [0.05, 0.1) is 16.4 Å². The molecule has 0 saturated carbocycles. The maximum absolute atomic E-state index is 13.9. The van der Waals surface area contributed by atoms with E-state index in [1.165, 1.54) is 42.1 Å². The van der Waals surface area contributed by atoms with Crippen LogP contribution in [0.4, 0.5) is 10.1 Å². The molecule has 0 radical (unpaired) electrons. The van der Waals surface area contributed by atoms with Crippen LogP contribution in [0.2, 0.25) is 10.0 Å². The van der Waals surface area contributed by atoms with Crippen molar-refractivity contribution in [3.8, 4) is 5.69 Å². The molecule has 13 heteroatoms. The molecule has 1 aromatic heterocycles. The number of aromatic nitrogens is 2. The second kappa shape index (κ2) is 12.8. The van der Waals surface area contributed by atoms with E-state index in [1.54, 1.807) is 49.0 Å². The molecule has 1 amide bonds. The Labute approximate surface area is 265 Å². The Morgan fingerprint density at radius 1 is 1.07 bits per heavy atom. The standard InChI is InChI=1S/C31H32Cl2FN5O4S/c1-20-29(31(41)39(36(20)2)25-9-5-4-6-10-25)37(3)44(42,43)28-16-21(12-14-26(28)32)30(40)35-24-8-7-15-38(19-24)18-22-11-13-23(34)17-27(22)33/h4-6,9-14,16-17,24H,7-8,15,18-19H2,1-3H3,(H,35,40). The third-order valence-electron chi connectivity index (χ3n) is 7.92. The summed E-state index contributed by atoms with van der Waals surface area (Å²) in [6, 6.07) is 17.1. The Morgan fingerprint density at radius 3 is 2.50 bits per heavy atom. The van der Waals surface area contributed by atoms with Gasteiger partial charge in [-0.1, -0.05) is 47.5 Å². The van der Waals surface area contributed by atoms with Crippen LogP contribution in [-0.4, -0.2) is 54.8 Å². The summed E-state index contributed by atoms with van der Waals surface area (Å²) in [6.45, 7) is 3.50. The van der Waals surface area contributed by atoms with Crippen LogP contribution < -0.4 is 15.2 Å². The molecule has 232 valence electrons. The van der Waals surface area contributed by atoms with Gasteiger partial charge in [-0.05, 0) is 74.3 Å². The molecule has 1 unspecified atom stereocenters. The summed E-state index contributed by atoms with van der Waals surface area (Å²) in [5, 5.41) is 3.27. The van der Waals surface area contributed by atoms with Crippen molar-refractivity contribution >= 4 is 44.8 Å². The van der Waals surface area contributed by atoms with E-state index in [0.717, 1.165) is 29.3 Å². The Hall–Kier alpha value is -3.64. The number of anilines is 1. The van der Waals surface area contributed by atoms with Crippen LogP contribution in [0.1, 0.15) is 34.5 Å². The topological polar surface area (TPSA) is 96.7 Å². The molecule has 3 aromatic carbocycles. The number of hydrogen-bond acceptors (Lipinski definition) is 5. The zero-order valence-corrected chi connectivity index (χ0v) is 26.8. The number of amides is 1. The zero-order valence-electron chi connectivity index (χ0n) is 24.4. The summed E-state index contributed by atoms with van der Waals surface area (Å²) in [6.07, 6.45) is 1.56. The van der Waals surface area contributed by atoms with Crippen molar-refractivity contribution in [3.05, 3.63) is 110 Å². The highest BCUT2D eigenvalue weighted by molar-refractivity contribution is 7.93. The van der Waals surface area contributed by atoms with Gasteiger partial charge in [0.2, 0.25) is 0 Å². The molecule has 0 bridgehead atoms. The maximum Gasteiger partial charge on any atom is 0.296 e. The van der Waals surface area contributed by atoms with E-state index in [9.17, 15) is 22.4 Å². The second-order valence-corrected chi connectivity index (χ2v) is 13.6. The van der Waals surface area contributed by atoms with Crippen molar-refractivity contribution in [3.63, 3.8) is 0 Å². The molecule has 4 aromatic rings. The van der Waals surface area contributed by atoms with E-state index in [0.29, 0.717) is 29.5 Å². The van der Waals surface area contributed by atoms with Gasteiger partial charge in [0, 0.05) is 43.8 Å². The smallest absolute Gasteiger partial charge is 0.296 e. The van der Waals surface area contributed by atoms with Gasteiger partial charge in [-0.15, -0.1) is 0 Å². The number of benzene rings is 3. The van der Waals surface area contributed by atoms with Gasteiger partial charge in [0.1, 0.15) is 16.4 Å². The highest BCUT2D eigenvalue weighted by Gasteiger charge is 2.31. The highest BCUT2D eigenvalue weighted by atomic mass is 35.5. The Kier molecular flexibility index (Phi) is 9.22. The number of halogens is 3.